The zero-order valence-corrected chi connectivity index (χ0v) is 19.6. The van der Waals surface area contributed by atoms with Crippen LogP contribution in [0.15, 0.2) is 29.8 Å². The van der Waals surface area contributed by atoms with Gasteiger partial charge in [0.1, 0.15) is 11.1 Å². The fraction of sp³-hybridized carbons (Fsp3) is 0.600. The lowest BCUT2D eigenvalue weighted by Crippen LogP contribution is -2.50. The highest BCUT2D eigenvalue weighted by Crippen LogP contribution is 2.34. The number of likely N-dealkylation sites (tertiary alicyclic amines) is 1. The van der Waals surface area contributed by atoms with Crippen LogP contribution in [-0.4, -0.2) is 70.5 Å². The Kier molecular flexibility index (Phi) is 6.90. The number of aromatic nitrogens is 3. The Morgan fingerprint density at radius 1 is 1.09 bits per heavy atom. The molecule has 4 rings (SSSR count). The van der Waals surface area contributed by atoms with Crippen molar-refractivity contribution < 1.29 is 26.3 Å². The molecule has 0 radical (unpaired) electrons. The number of piperidine rings is 2. The number of alkyl halides is 3. The van der Waals surface area contributed by atoms with Crippen LogP contribution in [0.2, 0.25) is 5.02 Å². The lowest BCUT2D eigenvalue weighted by molar-refractivity contribution is -0.137. The molecule has 2 aromatic rings. The van der Waals surface area contributed by atoms with E-state index in [4.69, 9.17) is 16.3 Å². The first-order valence-electron chi connectivity index (χ1n) is 10.7. The molecule has 0 unspecified atom stereocenters. The van der Waals surface area contributed by atoms with E-state index in [0.29, 0.717) is 25.9 Å². The monoisotopic (exact) mass is 507 g/mol. The van der Waals surface area contributed by atoms with E-state index in [0.717, 1.165) is 38.2 Å². The minimum Gasteiger partial charge on any atom is -0.473 e. The molecule has 2 fully saturated rings. The summed E-state index contributed by atoms with van der Waals surface area (Å²) in [5.41, 5.74) is -0.911. The summed E-state index contributed by atoms with van der Waals surface area (Å²) in [4.78, 5) is 10.1. The largest absolute Gasteiger partial charge is 0.473 e. The van der Waals surface area contributed by atoms with Gasteiger partial charge in [0.15, 0.2) is 5.03 Å². The van der Waals surface area contributed by atoms with Crippen LogP contribution in [0.1, 0.15) is 31.2 Å². The van der Waals surface area contributed by atoms with Crippen LogP contribution in [0.4, 0.5) is 13.2 Å². The number of aryl methyl sites for hydroxylation is 1. The van der Waals surface area contributed by atoms with Crippen molar-refractivity contribution in [3.05, 3.63) is 35.4 Å². The van der Waals surface area contributed by atoms with Gasteiger partial charge in [0.2, 0.25) is 5.88 Å². The van der Waals surface area contributed by atoms with Crippen LogP contribution in [0.5, 0.6) is 5.88 Å². The molecule has 33 heavy (non-hydrogen) atoms. The molecule has 0 N–H and O–H groups in total. The average Bonchev–Trinajstić information content (AvgIpc) is 3.22. The highest BCUT2D eigenvalue weighted by atomic mass is 35.5. The Hall–Kier alpha value is -1.89. The standard InChI is InChI=1S/C20H25ClF3N5O3S/c1-27-12-18(26-13-27)33(30,31)29-8-2-15(3-9-29)28-6-4-16(5-7-28)32-19-17(21)10-14(11-25-19)20(22,23)24/h10-13,15-16H,2-9H2,1H3. The Labute approximate surface area is 195 Å². The number of pyridine rings is 1. The number of sulfonamides is 1. The molecule has 182 valence electrons. The fourth-order valence-corrected chi connectivity index (χ4v) is 5.93. The summed E-state index contributed by atoms with van der Waals surface area (Å²) in [7, 11) is -1.85. The van der Waals surface area contributed by atoms with Crippen LogP contribution in [-0.2, 0) is 23.2 Å². The van der Waals surface area contributed by atoms with Crippen molar-refractivity contribution in [2.75, 3.05) is 26.2 Å². The van der Waals surface area contributed by atoms with Crippen molar-refractivity contribution in [3.8, 4) is 5.88 Å². The third-order valence-electron chi connectivity index (χ3n) is 6.11. The maximum absolute atomic E-state index is 12.8. The van der Waals surface area contributed by atoms with Gasteiger partial charge in [0.25, 0.3) is 10.0 Å². The third kappa shape index (κ3) is 5.44. The molecule has 8 nitrogen and oxygen atoms in total. The quantitative estimate of drug-likeness (QED) is 0.618. The van der Waals surface area contributed by atoms with Gasteiger partial charge < -0.3 is 14.2 Å². The third-order valence-corrected chi connectivity index (χ3v) is 8.17. The van der Waals surface area contributed by atoms with Gasteiger partial charge in [-0.25, -0.2) is 18.4 Å². The van der Waals surface area contributed by atoms with Crippen LogP contribution < -0.4 is 4.74 Å². The highest BCUT2D eigenvalue weighted by molar-refractivity contribution is 7.89. The highest BCUT2D eigenvalue weighted by Gasteiger charge is 2.35. The van der Waals surface area contributed by atoms with Gasteiger partial charge in [-0.2, -0.15) is 17.5 Å². The van der Waals surface area contributed by atoms with Gasteiger partial charge in [-0.3, -0.25) is 0 Å². The van der Waals surface area contributed by atoms with E-state index < -0.39 is 21.8 Å². The maximum atomic E-state index is 12.8. The number of hydrogen-bond donors (Lipinski definition) is 0. The Balaban J connectivity index is 1.27. The molecule has 0 amide bonds. The van der Waals surface area contributed by atoms with Crippen LogP contribution >= 0.6 is 11.6 Å². The van der Waals surface area contributed by atoms with E-state index in [1.165, 1.54) is 16.8 Å². The second-order valence-electron chi connectivity index (χ2n) is 8.37. The first-order valence-corrected chi connectivity index (χ1v) is 12.5. The van der Waals surface area contributed by atoms with Crippen molar-refractivity contribution >= 4 is 21.6 Å². The molecule has 2 saturated heterocycles. The molecule has 4 heterocycles. The molecule has 0 aromatic carbocycles. The van der Waals surface area contributed by atoms with Gasteiger partial charge in [-0.1, -0.05) is 11.6 Å². The molecular weight excluding hydrogens is 483 g/mol. The number of imidazole rings is 1. The first kappa shape index (κ1) is 24.2. The predicted molar refractivity (Wildman–Crippen MR) is 114 cm³/mol. The molecular formula is C20H25ClF3N5O3S. The first-order chi connectivity index (χ1) is 15.5. The van der Waals surface area contributed by atoms with E-state index in [9.17, 15) is 21.6 Å². The number of ether oxygens (including phenoxy) is 1. The predicted octanol–water partition coefficient (Wildman–Crippen LogP) is 3.18. The lowest BCUT2D eigenvalue weighted by atomic mass is 10.00. The van der Waals surface area contributed by atoms with Gasteiger partial charge in [-0.05, 0) is 31.7 Å². The summed E-state index contributed by atoms with van der Waals surface area (Å²) in [6, 6.07) is 1.10. The minimum atomic E-state index is -4.51. The Bertz CT molecular complexity index is 1080. The van der Waals surface area contributed by atoms with Crippen molar-refractivity contribution in [1.29, 1.82) is 0 Å². The van der Waals surface area contributed by atoms with Crippen LogP contribution in [0.3, 0.4) is 0 Å². The molecule has 2 aliphatic heterocycles. The van der Waals surface area contributed by atoms with Crippen molar-refractivity contribution in [1.82, 2.24) is 23.7 Å². The summed E-state index contributed by atoms with van der Waals surface area (Å²) in [5, 5.41) is -0.0920. The van der Waals surface area contributed by atoms with Gasteiger partial charge in [-0.15, -0.1) is 0 Å². The van der Waals surface area contributed by atoms with Crippen LogP contribution in [0.25, 0.3) is 0 Å². The average molecular weight is 508 g/mol. The summed E-state index contributed by atoms with van der Waals surface area (Å²) >= 11 is 5.94. The molecule has 0 aliphatic carbocycles. The minimum absolute atomic E-state index is 0.0103. The zero-order valence-electron chi connectivity index (χ0n) is 18.0. The lowest BCUT2D eigenvalue weighted by Gasteiger charge is -2.41. The maximum Gasteiger partial charge on any atom is 0.417 e. The molecule has 0 spiro atoms. The van der Waals surface area contributed by atoms with Crippen molar-refractivity contribution in [2.45, 2.75) is 49.0 Å². The molecule has 0 bridgehead atoms. The van der Waals surface area contributed by atoms with Gasteiger partial charge in [0, 0.05) is 51.7 Å². The van der Waals surface area contributed by atoms with Crippen molar-refractivity contribution in [3.63, 3.8) is 0 Å². The smallest absolute Gasteiger partial charge is 0.417 e. The summed E-state index contributed by atoms with van der Waals surface area (Å²) < 4.78 is 72.7. The number of halogens is 4. The molecule has 2 aliphatic rings. The van der Waals surface area contributed by atoms with E-state index in [-0.39, 0.29) is 28.1 Å². The van der Waals surface area contributed by atoms with E-state index in [2.05, 4.69) is 14.9 Å². The molecule has 0 saturated carbocycles. The number of rotatable bonds is 5. The summed E-state index contributed by atoms with van der Waals surface area (Å²) in [6.07, 6.45) is 1.83. The van der Waals surface area contributed by atoms with E-state index in [1.54, 1.807) is 11.6 Å². The molecule has 13 heteroatoms. The Morgan fingerprint density at radius 2 is 1.76 bits per heavy atom. The van der Waals surface area contributed by atoms with E-state index >= 15 is 0 Å². The Morgan fingerprint density at radius 3 is 2.30 bits per heavy atom. The van der Waals surface area contributed by atoms with Gasteiger partial charge >= 0.3 is 6.18 Å². The summed E-state index contributed by atoms with van der Waals surface area (Å²) in [6.45, 7) is 2.37. The topological polar surface area (TPSA) is 80.6 Å². The SMILES string of the molecule is Cn1cnc(S(=O)(=O)N2CCC(N3CCC(Oc4ncc(C(F)(F)F)cc4Cl)CC3)CC2)c1. The van der Waals surface area contributed by atoms with Crippen LogP contribution in [0, 0.1) is 0 Å². The summed E-state index contributed by atoms with van der Waals surface area (Å²) in [5.74, 6) is 0.0103. The van der Waals surface area contributed by atoms with E-state index in [1.807, 2.05) is 0 Å². The van der Waals surface area contributed by atoms with Crippen molar-refractivity contribution in [2.24, 2.45) is 7.05 Å². The zero-order chi connectivity index (χ0) is 23.8. The van der Waals surface area contributed by atoms with Gasteiger partial charge in [0.05, 0.1) is 11.9 Å². The number of nitrogens with zero attached hydrogens (tertiary/aromatic N) is 5. The molecule has 2 aromatic heterocycles. The second-order valence-corrected chi connectivity index (χ2v) is 10.7. The normalized spacial score (nSPS) is 20.3. The number of hydrogen-bond acceptors (Lipinski definition) is 6. The second kappa shape index (κ2) is 9.40. The fourth-order valence-electron chi connectivity index (χ4n) is 4.29. The molecule has 0 atom stereocenters.